The first-order chi connectivity index (χ1) is 9.04. The summed E-state index contributed by atoms with van der Waals surface area (Å²) in [5.41, 5.74) is 2.63. The minimum atomic E-state index is 0.286. The fourth-order valence-corrected chi connectivity index (χ4v) is 2.55. The Labute approximate surface area is 119 Å². The zero-order valence-electron chi connectivity index (χ0n) is 11.8. The van der Waals surface area contributed by atoms with Crippen LogP contribution in [0.5, 0.6) is 0 Å². The van der Waals surface area contributed by atoms with Crippen molar-refractivity contribution in [1.82, 2.24) is 14.9 Å². The molecule has 1 aromatic heterocycles. The summed E-state index contributed by atoms with van der Waals surface area (Å²) in [6.45, 7) is 7.59. The second-order valence-corrected chi connectivity index (χ2v) is 6.62. The summed E-state index contributed by atoms with van der Waals surface area (Å²) in [5, 5.41) is 9.68. The van der Waals surface area contributed by atoms with Crippen molar-refractivity contribution in [2.75, 3.05) is 0 Å². The van der Waals surface area contributed by atoms with Gasteiger partial charge in [0.25, 0.3) is 0 Å². The van der Waals surface area contributed by atoms with Gasteiger partial charge in [-0.3, -0.25) is 0 Å². The van der Waals surface area contributed by atoms with Crippen LogP contribution in [-0.2, 0) is 6.54 Å². The highest BCUT2D eigenvalue weighted by Gasteiger charge is 2.20. The van der Waals surface area contributed by atoms with Crippen molar-refractivity contribution in [1.29, 1.82) is 0 Å². The van der Waals surface area contributed by atoms with Gasteiger partial charge in [-0.05, 0) is 28.9 Å². The molecule has 0 saturated heterocycles. The van der Waals surface area contributed by atoms with Gasteiger partial charge >= 0.3 is 0 Å². The number of hydrogen-bond donors (Lipinski definition) is 1. The Morgan fingerprint density at radius 1 is 1.21 bits per heavy atom. The standard InChI is InChI=1S/C15H21N3S/c1-15(2,3)9-14(12-7-5-4-6-8-12)16-10-13-11-19-18-17-13/h4-8,11,14,16H,9-10H2,1-3H3. The van der Waals surface area contributed by atoms with E-state index < -0.39 is 0 Å². The van der Waals surface area contributed by atoms with E-state index in [1.54, 1.807) is 0 Å². The monoisotopic (exact) mass is 275 g/mol. The average Bonchev–Trinajstić information content (AvgIpc) is 2.87. The molecular weight excluding hydrogens is 254 g/mol. The molecule has 0 radical (unpaired) electrons. The Balaban J connectivity index is 2.06. The lowest BCUT2D eigenvalue weighted by Crippen LogP contribution is -2.25. The van der Waals surface area contributed by atoms with E-state index in [1.807, 2.05) is 5.38 Å². The van der Waals surface area contributed by atoms with Gasteiger partial charge < -0.3 is 5.32 Å². The second kappa shape index (κ2) is 6.26. The molecule has 1 heterocycles. The average molecular weight is 275 g/mol. The van der Waals surface area contributed by atoms with E-state index in [1.165, 1.54) is 17.1 Å². The Morgan fingerprint density at radius 2 is 1.95 bits per heavy atom. The largest absolute Gasteiger partial charge is 0.304 e. The molecule has 0 aliphatic heterocycles. The van der Waals surface area contributed by atoms with E-state index in [2.05, 4.69) is 66.0 Å². The van der Waals surface area contributed by atoms with Gasteiger partial charge in [0.1, 0.15) is 0 Å². The predicted molar refractivity (Wildman–Crippen MR) is 80.0 cm³/mol. The number of rotatable bonds is 5. The summed E-state index contributed by atoms with van der Waals surface area (Å²) < 4.78 is 3.90. The van der Waals surface area contributed by atoms with E-state index in [9.17, 15) is 0 Å². The number of nitrogens with one attached hydrogen (secondary N) is 1. The third-order valence-corrected chi connectivity index (χ3v) is 3.51. The summed E-state index contributed by atoms with van der Waals surface area (Å²) in [6, 6.07) is 11.0. The molecule has 0 aliphatic carbocycles. The lowest BCUT2D eigenvalue weighted by Gasteiger charge is -2.27. The fourth-order valence-electron chi connectivity index (χ4n) is 2.09. The van der Waals surface area contributed by atoms with E-state index in [0.29, 0.717) is 6.04 Å². The molecular formula is C15H21N3S. The molecule has 1 N–H and O–H groups in total. The summed E-state index contributed by atoms with van der Waals surface area (Å²) in [6.07, 6.45) is 1.09. The number of nitrogens with zero attached hydrogens (tertiary/aromatic N) is 2. The Kier molecular flexibility index (Phi) is 4.66. The Morgan fingerprint density at radius 3 is 2.53 bits per heavy atom. The van der Waals surface area contributed by atoms with Crippen LogP contribution < -0.4 is 5.32 Å². The molecule has 19 heavy (non-hydrogen) atoms. The van der Waals surface area contributed by atoms with Gasteiger partial charge in [-0.2, -0.15) is 0 Å². The van der Waals surface area contributed by atoms with E-state index in [0.717, 1.165) is 18.7 Å². The van der Waals surface area contributed by atoms with E-state index in [-0.39, 0.29) is 5.41 Å². The highest BCUT2D eigenvalue weighted by atomic mass is 32.1. The lowest BCUT2D eigenvalue weighted by atomic mass is 9.85. The Bertz CT molecular complexity index is 474. The van der Waals surface area contributed by atoms with Gasteiger partial charge in [-0.25, -0.2) is 0 Å². The molecule has 0 aliphatic rings. The quantitative estimate of drug-likeness (QED) is 0.901. The molecule has 1 unspecified atom stereocenters. The first-order valence-electron chi connectivity index (χ1n) is 6.59. The van der Waals surface area contributed by atoms with Crippen molar-refractivity contribution in [2.24, 2.45) is 5.41 Å². The van der Waals surface area contributed by atoms with Crippen LogP contribution in [0.2, 0.25) is 0 Å². The highest BCUT2D eigenvalue weighted by Crippen LogP contribution is 2.29. The SMILES string of the molecule is CC(C)(C)CC(NCc1csnn1)c1ccccc1. The summed E-state index contributed by atoms with van der Waals surface area (Å²) >= 11 is 1.40. The zero-order chi connectivity index (χ0) is 13.7. The maximum Gasteiger partial charge on any atom is 0.0893 e. The fraction of sp³-hybridized carbons (Fsp3) is 0.467. The van der Waals surface area contributed by atoms with Crippen molar-refractivity contribution in [2.45, 2.75) is 39.8 Å². The summed E-state index contributed by atoms with van der Waals surface area (Å²) in [4.78, 5) is 0. The minimum Gasteiger partial charge on any atom is -0.304 e. The molecule has 0 bridgehead atoms. The molecule has 2 aromatic rings. The van der Waals surface area contributed by atoms with Crippen molar-refractivity contribution in [3.63, 3.8) is 0 Å². The lowest BCUT2D eigenvalue weighted by molar-refractivity contribution is 0.309. The van der Waals surface area contributed by atoms with Crippen LogP contribution >= 0.6 is 11.5 Å². The maximum absolute atomic E-state index is 4.08. The van der Waals surface area contributed by atoms with Crippen molar-refractivity contribution < 1.29 is 0 Å². The molecule has 0 amide bonds. The normalized spacial score (nSPS) is 13.4. The third kappa shape index (κ3) is 4.73. The smallest absolute Gasteiger partial charge is 0.0893 e. The third-order valence-electron chi connectivity index (χ3n) is 2.95. The molecule has 1 atom stereocenters. The van der Waals surface area contributed by atoms with Crippen LogP contribution in [0, 0.1) is 5.41 Å². The maximum atomic E-state index is 4.08. The van der Waals surface area contributed by atoms with Gasteiger partial charge in [-0.15, -0.1) is 5.10 Å². The van der Waals surface area contributed by atoms with Gasteiger partial charge in [0.2, 0.25) is 0 Å². The predicted octanol–water partition coefficient (Wildman–Crippen LogP) is 3.81. The van der Waals surface area contributed by atoms with Crippen molar-refractivity contribution in [3.8, 4) is 0 Å². The topological polar surface area (TPSA) is 37.8 Å². The van der Waals surface area contributed by atoms with Crippen LogP contribution in [0.4, 0.5) is 0 Å². The molecule has 0 fully saturated rings. The highest BCUT2D eigenvalue weighted by molar-refractivity contribution is 7.03. The van der Waals surface area contributed by atoms with Crippen LogP contribution in [0.15, 0.2) is 35.7 Å². The first kappa shape index (κ1) is 14.2. The second-order valence-electron chi connectivity index (χ2n) is 6.01. The molecule has 0 spiro atoms. The van der Waals surface area contributed by atoms with Crippen LogP contribution in [0.3, 0.4) is 0 Å². The van der Waals surface area contributed by atoms with E-state index in [4.69, 9.17) is 0 Å². The molecule has 4 heteroatoms. The minimum absolute atomic E-state index is 0.286. The van der Waals surface area contributed by atoms with Crippen molar-refractivity contribution in [3.05, 3.63) is 47.0 Å². The molecule has 102 valence electrons. The molecule has 1 aromatic carbocycles. The molecule has 3 nitrogen and oxygen atoms in total. The van der Waals surface area contributed by atoms with Crippen LogP contribution in [0.1, 0.15) is 44.5 Å². The molecule has 0 saturated carbocycles. The van der Waals surface area contributed by atoms with Crippen LogP contribution in [-0.4, -0.2) is 9.59 Å². The van der Waals surface area contributed by atoms with E-state index >= 15 is 0 Å². The zero-order valence-corrected chi connectivity index (χ0v) is 12.6. The first-order valence-corrected chi connectivity index (χ1v) is 7.42. The number of hydrogen-bond acceptors (Lipinski definition) is 4. The number of benzene rings is 1. The van der Waals surface area contributed by atoms with Crippen molar-refractivity contribution >= 4 is 11.5 Å². The van der Waals surface area contributed by atoms with Gasteiger partial charge in [0.15, 0.2) is 0 Å². The van der Waals surface area contributed by atoms with Gasteiger partial charge in [0, 0.05) is 18.0 Å². The number of aromatic nitrogens is 2. The van der Waals surface area contributed by atoms with Crippen LogP contribution in [0.25, 0.3) is 0 Å². The summed E-state index contributed by atoms with van der Waals surface area (Å²) in [7, 11) is 0. The summed E-state index contributed by atoms with van der Waals surface area (Å²) in [5.74, 6) is 0. The Hall–Kier alpha value is -1.26. The van der Waals surface area contributed by atoms with Gasteiger partial charge in [0.05, 0.1) is 5.69 Å². The molecule has 2 rings (SSSR count). The van der Waals surface area contributed by atoms with Gasteiger partial charge in [-0.1, -0.05) is 55.6 Å².